The molecule has 2 rings (SSSR count). The Balaban J connectivity index is 1.90. The van der Waals surface area contributed by atoms with Crippen molar-refractivity contribution >= 4 is 5.91 Å². The highest BCUT2D eigenvalue weighted by atomic mass is 16.2. The summed E-state index contributed by atoms with van der Waals surface area (Å²) in [5, 5.41) is 10.1. The van der Waals surface area contributed by atoms with Gasteiger partial charge >= 0.3 is 0 Å². The number of hydrogen-bond acceptors (Lipinski definition) is 3. The van der Waals surface area contributed by atoms with Gasteiger partial charge in [-0.15, -0.1) is 0 Å². The molecule has 94 valence electrons. The molecule has 0 radical (unpaired) electrons. The highest BCUT2D eigenvalue weighted by Crippen LogP contribution is 2.36. The summed E-state index contributed by atoms with van der Waals surface area (Å²) in [6.45, 7) is 3.01. The molecular weight excluding hydrogens is 216 g/mol. The number of aromatic nitrogens is 2. The van der Waals surface area contributed by atoms with Crippen molar-refractivity contribution in [3.63, 3.8) is 0 Å². The molecule has 0 aromatic carbocycles. The predicted molar refractivity (Wildman–Crippen MR) is 65.3 cm³/mol. The number of likely N-dealkylation sites (N-methyl/N-ethyl adjacent to an activating group) is 1. The molecule has 1 aromatic heterocycles. The van der Waals surface area contributed by atoms with E-state index in [2.05, 4.69) is 22.7 Å². The van der Waals surface area contributed by atoms with Crippen molar-refractivity contribution in [2.24, 2.45) is 18.9 Å². The Morgan fingerprint density at radius 3 is 2.88 bits per heavy atom. The van der Waals surface area contributed by atoms with Gasteiger partial charge in [-0.25, -0.2) is 0 Å². The second kappa shape index (κ2) is 4.87. The lowest BCUT2D eigenvalue weighted by atomic mass is 10.1. The van der Waals surface area contributed by atoms with Crippen LogP contribution in [0.25, 0.3) is 0 Å². The van der Waals surface area contributed by atoms with Crippen molar-refractivity contribution in [3.8, 4) is 0 Å². The average molecular weight is 236 g/mol. The van der Waals surface area contributed by atoms with Gasteiger partial charge < -0.3 is 10.6 Å². The van der Waals surface area contributed by atoms with Crippen molar-refractivity contribution in [1.82, 2.24) is 20.4 Å². The molecule has 1 amide bonds. The zero-order valence-electron chi connectivity index (χ0n) is 10.6. The third-order valence-electron chi connectivity index (χ3n) is 3.42. The van der Waals surface area contributed by atoms with Gasteiger partial charge in [-0.05, 0) is 25.3 Å². The summed E-state index contributed by atoms with van der Waals surface area (Å²) < 4.78 is 1.70. The zero-order chi connectivity index (χ0) is 12.4. The molecule has 1 saturated carbocycles. The summed E-state index contributed by atoms with van der Waals surface area (Å²) in [5.41, 5.74) is 0.899. The van der Waals surface area contributed by atoms with E-state index in [1.165, 1.54) is 6.42 Å². The van der Waals surface area contributed by atoms with Crippen LogP contribution < -0.4 is 10.6 Å². The summed E-state index contributed by atoms with van der Waals surface area (Å²) in [7, 11) is 3.64. The van der Waals surface area contributed by atoms with Crippen LogP contribution in [-0.2, 0) is 11.8 Å². The van der Waals surface area contributed by atoms with Gasteiger partial charge in [0, 0.05) is 25.4 Å². The van der Waals surface area contributed by atoms with Crippen LogP contribution in [0.15, 0.2) is 12.4 Å². The van der Waals surface area contributed by atoms with Gasteiger partial charge in [0.25, 0.3) is 0 Å². The van der Waals surface area contributed by atoms with Gasteiger partial charge in [0.2, 0.25) is 5.91 Å². The largest absolute Gasteiger partial charge is 0.354 e. The number of amides is 1. The number of rotatable bonds is 5. The van der Waals surface area contributed by atoms with E-state index in [0.29, 0.717) is 5.92 Å². The molecule has 5 nitrogen and oxygen atoms in total. The fourth-order valence-electron chi connectivity index (χ4n) is 2.06. The topological polar surface area (TPSA) is 59.0 Å². The Bertz CT molecular complexity index is 401. The summed E-state index contributed by atoms with van der Waals surface area (Å²) in [5.74, 6) is 1.46. The summed E-state index contributed by atoms with van der Waals surface area (Å²) in [6, 6.07) is -0.308. The molecule has 17 heavy (non-hydrogen) atoms. The van der Waals surface area contributed by atoms with Crippen LogP contribution in [0.1, 0.15) is 24.9 Å². The first-order chi connectivity index (χ1) is 8.11. The Kier molecular flexibility index (Phi) is 3.47. The normalized spacial score (nSPS) is 24.4. The second-order valence-corrected chi connectivity index (χ2v) is 4.89. The SMILES string of the molecule is CNC(C(=O)NCC1CC1C)c1cnn(C)c1. The van der Waals surface area contributed by atoms with Crippen molar-refractivity contribution in [2.75, 3.05) is 13.6 Å². The van der Waals surface area contributed by atoms with Gasteiger partial charge in [-0.1, -0.05) is 6.92 Å². The van der Waals surface area contributed by atoms with E-state index < -0.39 is 0 Å². The van der Waals surface area contributed by atoms with Gasteiger partial charge in [0.15, 0.2) is 0 Å². The first kappa shape index (κ1) is 12.1. The monoisotopic (exact) mass is 236 g/mol. The molecule has 5 heteroatoms. The second-order valence-electron chi connectivity index (χ2n) is 4.89. The van der Waals surface area contributed by atoms with E-state index in [-0.39, 0.29) is 11.9 Å². The number of aryl methyl sites for hydroxylation is 1. The van der Waals surface area contributed by atoms with Crippen molar-refractivity contribution in [1.29, 1.82) is 0 Å². The number of nitrogens with zero attached hydrogens (tertiary/aromatic N) is 2. The first-order valence-electron chi connectivity index (χ1n) is 6.05. The molecule has 3 unspecified atom stereocenters. The van der Waals surface area contributed by atoms with E-state index in [0.717, 1.165) is 18.0 Å². The molecule has 0 bridgehead atoms. The summed E-state index contributed by atoms with van der Waals surface area (Å²) in [4.78, 5) is 12.0. The number of hydrogen-bond donors (Lipinski definition) is 2. The third-order valence-corrected chi connectivity index (χ3v) is 3.42. The van der Waals surface area contributed by atoms with E-state index in [4.69, 9.17) is 0 Å². The predicted octanol–water partition coefficient (Wildman–Crippen LogP) is 0.453. The maximum absolute atomic E-state index is 12.0. The third kappa shape index (κ3) is 2.85. The minimum atomic E-state index is -0.308. The van der Waals surface area contributed by atoms with Crippen LogP contribution in [0.3, 0.4) is 0 Å². The molecular formula is C12H20N4O. The molecule has 3 atom stereocenters. The van der Waals surface area contributed by atoms with E-state index in [1.54, 1.807) is 17.9 Å². The first-order valence-corrected chi connectivity index (χ1v) is 6.05. The van der Waals surface area contributed by atoms with Gasteiger partial charge in [-0.2, -0.15) is 5.10 Å². The zero-order valence-corrected chi connectivity index (χ0v) is 10.6. The lowest BCUT2D eigenvalue weighted by Gasteiger charge is -2.14. The van der Waals surface area contributed by atoms with Gasteiger partial charge in [0.05, 0.1) is 6.20 Å². The molecule has 1 aliphatic carbocycles. The standard InChI is InChI=1S/C12H20N4O/c1-8-4-9(8)5-14-12(17)11(13-2)10-6-15-16(3)7-10/h6-9,11,13H,4-5H2,1-3H3,(H,14,17). The quantitative estimate of drug-likeness (QED) is 0.780. The molecule has 1 aromatic rings. The average Bonchev–Trinajstić information content (AvgIpc) is 2.83. The molecule has 0 saturated heterocycles. The molecule has 2 N–H and O–H groups in total. The Morgan fingerprint density at radius 1 is 1.71 bits per heavy atom. The molecule has 0 spiro atoms. The smallest absolute Gasteiger partial charge is 0.241 e. The lowest BCUT2D eigenvalue weighted by Crippen LogP contribution is -2.37. The van der Waals surface area contributed by atoms with E-state index in [9.17, 15) is 4.79 Å². The van der Waals surface area contributed by atoms with Crippen molar-refractivity contribution in [3.05, 3.63) is 18.0 Å². The highest BCUT2D eigenvalue weighted by Gasteiger charge is 2.33. The van der Waals surface area contributed by atoms with Crippen molar-refractivity contribution < 1.29 is 4.79 Å². The van der Waals surface area contributed by atoms with Crippen molar-refractivity contribution in [2.45, 2.75) is 19.4 Å². The number of carbonyl (C=O) groups is 1. The molecule has 0 aliphatic heterocycles. The molecule has 1 aliphatic rings. The maximum Gasteiger partial charge on any atom is 0.241 e. The van der Waals surface area contributed by atoms with Crippen LogP contribution in [0.4, 0.5) is 0 Å². The minimum Gasteiger partial charge on any atom is -0.354 e. The minimum absolute atomic E-state index is 0.0274. The summed E-state index contributed by atoms with van der Waals surface area (Å²) in [6.07, 6.45) is 4.82. The van der Waals surface area contributed by atoms with Gasteiger partial charge in [0.1, 0.15) is 6.04 Å². The van der Waals surface area contributed by atoms with Crippen LogP contribution in [0, 0.1) is 11.8 Å². The van der Waals surface area contributed by atoms with Gasteiger partial charge in [-0.3, -0.25) is 9.48 Å². The lowest BCUT2D eigenvalue weighted by molar-refractivity contribution is -0.123. The molecule has 1 fully saturated rings. The fourth-order valence-corrected chi connectivity index (χ4v) is 2.06. The fraction of sp³-hybridized carbons (Fsp3) is 0.667. The highest BCUT2D eigenvalue weighted by molar-refractivity contribution is 5.83. The Labute approximate surface area is 102 Å². The molecule has 1 heterocycles. The van der Waals surface area contributed by atoms with E-state index in [1.807, 2.05) is 13.2 Å². The van der Waals surface area contributed by atoms with Crippen LogP contribution in [-0.4, -0.2) is 29.3 Å². The maximum atomic E-state index is 12.0. The number of nitrogens with one attached hydrogen (secondary N) is 2. The summed E-state index contributed by atoms with van der Waals surface area (Å²) >= 11 is 0. The van der Waals surface area contributed by atoms with Crippen LogP contribution in [0.5, 0.6) is 0 Å². The van der Waals surface area contributed by atoms with Crippen LogP contribution in [0.2, 0.25) is 0 Å². The van der Waals surface area contributed by atoms with Crippen LogP contribution >= 0.6 is 0 Å². The Morgan fingerprint density at radius 2 is 2.41 bits per heavy atom. The van der Waals surface area contributed by atoms with E-state index >= 15 is 0 Å². The Hall–Kier alpha value is -1.36. The number of carbonyl (C=O) groups excluding carboxylic acids is 1.